The Morgan fingerprint density at radius 2 is 0.457 bits per heavy atom. The normalized spacial score (nSPS) is 12.5. The van der Waals surface area contributed by atoms with Crippen LogP contribution in [0.25, 0.3) is 0 Å². The number of ether oxygens (including phenoxy) is 7. The Balaban J connectivity index is 5.49. The Bertz CT molecular complexity index is 351. The fourth-order valence-electron chi connectivity index (χ4n) is 3.10. The molecule has 0 aromatic heterocycles. The Hall–Kier alpha value is -0.520. The lowest BCUT2D eigenvalue weighted by atomic mass is 9.90. The molecule has 0 aromatic carbocycles. The van der Waals surface area contributed by atoms with Crippen molar-refractivity contribution >= 4 is 0 Å². The van der Waals surface area contributed by atoms with Crippen LogP contribution in [0.1, 0.15) is 0 Å². The molecule has 0 bridgehead atoms. The van der Waals surface area contributed by atoms with E-state index in [1.807, 2.05) is 0 Å². The van der Waals surface area contributed by atoms with Crippen molar-refractivity contribution in [2.75, 3.05) is 132 Å². The van der Waals surface area contributed by atoms with Crippen LogP contribution in [0.3, 0.4) is 0 Å². The smallest absolute Gasteiger partial charge is 0.0698 e. The molecule has 0 spiro atoms. The molecule has 0 saturated heterocycles. The zero-order chi connectivity index (χ0) is 26.1. The maximum absolute atomic E-state index is 9.10. The molecule has 0 saturated carbocycles. The van der Waals surface area contributed by atoms with Crippen molar-refractivity contribution in [2.24, 2.45) is 10.8 Å². The summed E-state index contributed by atoms with van der Waals surface area (Å²) in [6.07, 6.45) is 0. The fourth-order valence-corrected chi connectivity index (χ4v) is 3.10. The van der Waals surface area contributed by atoms with Crippen LogP contribution in [0.15, 0.2) is 0 Å². The first-order valence-corrected chi connectivity index (χ1v) is 11.8. The van der Waals surface area contributed by atoms with Gasteiger partial charge in [0.2, 0.25) is 0 Å². The van der Waals surface area contributed by atoms with Gasteiger partial charge in [0.05, 0.1) is 143 Å². The summed E-state index contributed by atoms with van der Waals surface area (Å²) in [5.74, 6) is 0. The van der Waals surface area contributed by atoms with E-state index in [-0.39, 0.29) is 132 Å². The Labute approximate surface area is 207 Å². The minimum atomic E-state index is -0.810. The zero-order valence-electron chi connectivity index (χ0n) is 20.7. The summed E-state index contributed by atoms with van der Waals surface area (Å²) in [5, 5.41) is 54.6. The van der Waals surface area contributed by atoms with Gasteiger partial charge in [-0.1, -0.05) is 0 Å². The van der Waals surface area contributed by atoms with Crippen LogP contribution in [0, 0.1) is 10.8 Å². The molecule has 0 atom stereocenters. The number of hydrogen-bond donors (Lipinski definition) is 6. The molecule has 6 N–H and O–H groups in total. The Morgan fingerprint density at radius 3 is 0.629 bits per heavy atom. The molecule has 0 heterocycles. The van der Waals surface area contributed by atoms with Crippen LogP contribution in [0.4, 0.5) is 0 Å². The van der Waals surface area contributed by atoms with Gasteiger partial charge in [0, 0.05) is 0 Å². The van der Waals surface area contributed by atoms with Gasteiger partial charge in [0.1, 0.15) is 0 Å². The predicted molar refractivity (Wildman–Crippen MR) is 123 cm³/mol. The molecule has 35 heavy (non-hydrogen) atoms. The topological polar surface area (TPSA) is 186 Å². The van der Waals surface area contributed by atoms with E-state index in [1.54, 1.807) is 0 Å². The molecule has 0 aliphatic carbocycles. The van der Waals surface area contributed by atoms with E-state index < -0.39 is 10.8 Å². The molecular formula is C22H46O13. The first kappa shape index (κ1) is 34.5. The van der Waals surface area contributed by atoms with Crippen LogP contribution in [-0.2, 0) is 33.2 Å². The van der Waals surface area contributed by atoms with Crippen LogP contribution in [0.5, 0.6) is 0 Å². The minimum Gasteiger partial charge on any atom is -0.394 e. The van der Waals surface area contributed by atoms with Crippen molar-refractivity contribution in [1.29, 1.82) is 0 Å². The largest absolute Gasteiger partial charge is 0.394 e. The molecule has 0 fully saturated rings. The van der Waals surface area contributed by atoms with E-state index in [0.717, 1.165) is 0 Å². The Kier molecular flexibility index (Phi) is 23.5. The molecule has 0 aliphatic rings. The quantitative estimate of drug-likeness (QED) is 0.0577. The van der Waals surface area contributed by atoms with Gasteiger partial charge in [-0.15, -0.1) is 0 Å². The Morgan fingerprint density at radius 1 is 0.286 bits per heavy atom. The van der Waals surface area contributed by atoms with Crippen LogP contribution in [-0.4, -0.2) is 163 Å². The molecule has 13 nitrogen and oxygen atoms in total. The van der Waals surface area contributed by atoms with Gasteiger partial charge in [-0.3, -0.25) is 0 Å². The van der Waals surface area contributed by atoms with Gasteiger partial charge in [0.25, 0.3) is 0 Å². The number of hydrogen-bond acceptors (Lipinski definition) is 13. The number of aliphatic hydroxyl groups excluding tert-OH is 6. The van der Waals surface area contributed by atoms with Crippen molar-refractivity contribution in [3.63, 3.8) is 0 Å². The molecule has 0 radical (unpaired) electrons. The summed E-state index contributed by atoms with van der Waals surface area (Å²) in [6, 6.07) is 0. The van der Waals surface area contributed by atoms with Gasteiger partial charge < -0.3 is 63.8 Å². The lowest BCUT2D eigenvalue weighted by molar-refractivity contribution is -0.147. The molecular weight excluding hydrogens is 472 g/mol. The van der Waals surface area contributed by atoms with E-state index in [2.05, 4.69) is 0 Å². The first-order chi connectivity index (χ1) is 17.1. The van der Waals surface area contributed by atoms with E-state index in [0.29, 0.717) is 0 Å². The van der Waals surface area contributed by atoms with Gasteiger partial charge in [-0.05, 0) is 0 Å². The summed E-state index contributed by atoms with van der Waals surface area (Å²) in [6.45, 7) is 0.562. The molecule has 0 aliphatic heterocycles. The molecule has 0 aromatic rings. The molecule has 212 valence electrons. The number of aliphatic hydroxyl groups is 6. The van der Waals surface area contributed by atoms with Gasteiger partial charge in [-0.25, -0.2) is 0 Å². The van der Waals surface area contributed by atoms with Crippen LogP contribution in [0.2, 0.25) is 0 Å². The second-order valence-corrected chi connectivity index (χ2v) is 8.15. The second kappa shape index (κ2) is 23.9. The van der Waals surface area contributed by atoms with Gasteiger partial charge in [0.15, 0.2) is 0 Å². The van der Waals surface area contributed by atoms with Crippen molar-refractivity contribution < 1.29 is 63.8 Å². The standard InChI is InChI=1S/C22H46O13/c23-1-7-29-13-21(14-30-8-2-24,15-31-9-3-25)19-35-20-22(16-32-10-4-26,17-33-11-5-27)18-34-12-6-28/h23-28H,1-20H2. The van der Waals surface area contributed by atoms with E-state index in [1.165, 1.54) is 0 Å². The van der Waals surface area contributed by atoms with Crippen LogP contribution < -0.4 is 0 Å². The highest BCUT2D eigenvalue weighted by Crippen LogP contribution is 2.25. The maximum atomic E-state index is 9.10. The van der Waals surface area contributed by atoms with Gasteiger partial charge >= 0.3 is 0 Å². The SMILES string of the molecule is OCCOCC(COCCO)(COCCO)COCC(COCCO)(COCCO)COCCO. The van der Waals surface area contributed by atoms with Crippen molar-refractivity contribution in [2.45, 2.75) is 0 Å². The summed E-state index contributed by atoms with van der Waals surface area (Å²) in [4.78, 5) is 0. The lowest BCUT2D eigenvalue weighted by Gasteiger charge is -2.36. The maximum Gasteiger partial charge on any atom is 0.0698 e. The average Bonchev–Trinajstić information content (AvgIpc) is 2.85. The highest BCUT2D eigenvalue weighted by atomic mass is 16.5. The number of rotatable bonds is 28. The van der Waals surface area contributed by atoms with Crippen molar-refractivity contribution in [3.8, 4) is 0 Å². The third kappa shape index (κ3) is 17.5. The third-order valence-corrected chi connectivity index (χ3v) is 4.68. The summed E-state index contributed by atoms with van der Waals surface area (Å²) in [7, 11) is 0. The fraction of sp³-hybridized carbons (Fsp3) is 1.00. The lowest BCUT2D eigenvalue weighted by Crippen LogP contribution is -2.46. The monoisotopic (exact) mass is 518 g/mol. The van der Waals surface area contributed by atoms with E-state index in [4.69, 9.17) is 63.8 Å². The third-order valence-electron chi connectivity index (χ3n) is 4.68. The first-order valence-electron chi connectivity index (χ1n) is 11.8. The average molecular weight is 519 g/mol. The van der Waals surface area contributed by atoms with Crippen molar-refractivity contribution in [3.05, 3.63) is 0 Å². The van der Waals surface area contributed by atoms with Gasteiger partial charge in [-0.2, -0.15) is 0 Å². The zero-order valence-corrected chi connectivity index (χ0v) is 20.7. The highest BCUT2D eigenvalue weighted by Gasteiger charge is 2.36. The van der Waals surface area contributed by atoms with E-state index >= 15 is 0 Å². The molecule has 0 amide bonds. The predicted octanol–water partition coefficient (Wildman–Crippen LogP) is -2.97. The molecule has 0 unspecified atom stereocenters. The summed E-state index contributed by atoms with van der Waals surface area (Å²) >= 11 is 0. The van der Waals surface area contributed by atoms with E-state index in [9.17, 15) is 0 Å². The van der Waals surface area contributed by atoms with Crippen molar-refractivity contribution in [1.82, 2.24) is 0 Å². The molecule has 13 heteroatoms. The highest BCUT2D eigenvalue weighted by molar-refractivity contribution is 4.83. The minimum absolute atomic E-state index is 0.0943. The molecule has 0 rings (SSSR count). The second-order valence-electron chi connectivity index (χ2n) is 8.15. The van der Waals surface area contributed by atoms with Crippen LogP contribution >= 0.6 is 0 Å². The summed E-state index contributed by atoms with van der Waals surface area (Å²) < 4.78 is 39.4. The summed E-state index contributed by atoms with van der Waals surface area (Å²) in [5.41, 5.74) is -1.62.